The number of aromatic nitrogens is 4. The van der Waals surface area contributed by atoms with Crippen LogP contribution in [0, 0.1) is 18.3 Å². The lowest BCUT2D eigenvalue weighted by Crippen LogP contribution is -2.63. The highest BCUT2D eigenvalue weighted by Gasteiger charge is 2.54. The Bertz CT molecular complexity index is 1710. The van der Waals surface area contributed by atoms with Crippen LogP contribution in [-0.2, 0) is 9.59 Å². The van der Waals surface area contributed by atoms with E-state index in [9.17, 15) is 9.59 Å². The van der Waals surface area contributed by atoms with Crippen LogP contribution in [0.2, 0.25) is 10.0 Å². The van der Waals surface area contributed by atoms with Crippen LogP contribution in [-0.4, -0.2) is 105 Å². The fourth-order valence-electron chi connectivity index (χ4n) is 8.92. The summed E-state index contributed by atoms with van der Waals surface area (Å²) in [5.74, 6) is 1.64. The number of aromatic amines is 1. The summed E-state index contributed by atoms with van der Waals surface area (Å²) in [5.41, 5.74) is 3.73. The van der Waals surface area contributed by atoms with Crippen LogP contribution in [0.4, 0.5) is 5.82 Å². The molecule has 3 aromatic rings. The van der Waals surface area contributed by atoms with Crippen molar-refractivity contribution in [2.45, 2.75) is 70.9 Å². The van der Waals surface area contributed by atoms with Gasteiger partial charge in [-0.25, -0.2) is 0 Å². The van der Waals surface area contributed by atoms with Gasteiger partial charge in [-0.15, -0.1) is 0 Å². The average molecular weight is 682 g/mol. The van der Waals surface area contributed by atoms with Crippen LogP contribution in [0.3, 0.4) is 0 Å². The van der Waals surface area contributed by atoms with E-state index in [1.54, 1.807) is 0 Å². The molecule has 1 atom stereocenters. The number of halogens is 2. The molecular formula is C35H46Cl2N8O2. The van der Waals surface area contributed by atoms with Gasteiger partial charge < -0.3 is 14.7 Å². The molecule has 3 saturated heterocycles. The number of fused-ring (bicyclic) bond motifs is 1. The van der Waals surface area contributed by atoms with Gasteiger partial charge in [-0.05, 0) is 84.4 Å². The second-order valence-corrected chi connectivity index (χ2v) is 16.0. The minimum absolute atomic E-state index is 0.00802. The number of amides is 2. The highest BCUT2D eigenvalue weighted by molar-refractivity contribution is 6.45. The number of carbonyl (C=O) groups is 2. The molecule has 47 heavy (non-hydrogen) atoms. The zero-order chi connectivity index (χ0) is 33.2. The maximum absolute atomic E-state index is 12.8. The van der Waals surface area contributed by atoms with Gasteiger partial charge in [0.25, 0.3) is 0 Å². The number of hydrogen-bond acceptors (Lipinski definition) is 6. The quantitative estimate of drug-likeness (QED) is 0.296. The summed E-state index contributed by atoms with van der Waals surface area (Å²) in [6, 6.07) is 2.07. The first-order chi connectivity index (χ1) is 22.4. The summed E-state index contributed by atoms with van der Waals surface area (Å²) < 4.78 is 2.21. The molecule has 4 aliphatic rings. The molecule has 252 valence electrons. The summed E-state index contributed by atoms with van der Waals surface area (Å²) in [4.78, 5) is 33.5. The van der Waals surface area contributed by atoms with Crippen molar-refractivity contribution in [3.63, 3.8) is 0 Å². The minimum atomic E-state index is -0.190. The molecule has 1 N–H and O–H groups in total. The number of rotatable bonds is 8. The van der Waals surface area contributed by atoms with Gasteiger partial charge in [0.1, 0.15) is 0 Å². The lowest BCUT2D eigenvalue weighted by atomic mass is 9.60. The third-order valence-electron chi connectivity index (χ3n) is 11.2. The lowest BCUT2D eigenvalue weighted by Gasteiger charge is -2.58. The van der Waals surface area contributed by atoms with Crippen LogP contribution in [0.15, 0.2) is 24.9 Å². The number of anilines is 1. The molecular weight excluding hydrogens is 635 g/mol. The molecule has 2 aromatic heterocycles. The van der Waals surface area contributed by atoms with E-state index in [-0.39, 0.29) is 28.8 Å². The molecule has 5 heterocycles. The van der Waals surface area contributed by atoms with Crippen LogP contribution in [0.5, 0.6) is 0 Å². The predicted molar refractivity (Wildman–Crippen MR) is 187 cm³/mol. The van der Waals surface area contributed by atoms with E-state index in [0.717, 1.165) is 111 Å². The number of likely N-dealkylation sites (N-methyl/N-ethyl adjacent to an activating group) is 1. The molecule has 0 radical (unpaired) electrons. The molecule has 3 aliphatic heterocycles. The van der Waals surface area contributed by atoms with Crippen molar-refractivity contribution >= 4 is 51.7 Å². The second kappa shape index (κ2) is 12.1. The van der Waals surface area contributed by atoms with Crippen molar-refractivity contribution < 1.29 is 9.59 Å². The molecule has 2 amide bonds. The Labute approximate surface area is 287 Å². The average Bonchev–Trinajstić information content (AvgIpc) is 3.74. The second-order valence-electron chi connectivity index (χ2n) is 15.2. The SMILES string of the molecule is C=CC(=O)N1CC2(CC(n3nc(N4CC[C@@H](CN(C)CC(=O)N5CCCC5)CC4(C)C)c(-c4c(Cl)c(Cl)cc5[nH]ncc45)c3C)C2)C1. The molecule has 4 fully saturated rings. The number of nitrogens with one attached hydrogen (secondary N) is 1. The van der Waals surface area contributed by atoms with Crippen LogP contribution >= 0.6 is 23.2 Å². The smallest absolute Gasteiger partial charge is 0.245 e. The fourth-order valence-corrected chi connectivity index (χ4v) is 9.38. The van der Waals surface area contributed by atoms with Gasteiger partial charge in [0.2, 0.25) is 11.8 Å². The van der Waals surface area contributed by atoms with E-state index >= 15 is 0 Å². The number of carbonyl (C=O) groups excluding carboxylic acids is 2. The Morgan fingerprint density at radius 1 is 1.11 bits per heavy atom. The molecule has 10 nitrogen and oxygen atoms in total. The van der Waals surface area contributed by atoms with Crippen LogP contribution in [0.1, 0.15) is 64.1 Å². The number of nitrogens with zero attached hydrogens (tertiary/aromatic N) is 7. The first-order valence-electron chi connectivity index (χ1n) is 17.0. The summed E-state index contributed by atoms with van der Waals surface area (Å²) in [6.45, 7) is 15.9. The molecule has 0 unspecified atom stereocenters. The van der Waals surface area contributed by atoms with Crippen LogP contribution in [0.25, 0.3) is 22.0 Å². The van der Waals surface area contributed by atoms with Gasteiger partial charge in [-0.1, -0.05) is 29.8 Å². The molecule has 1 spiro atoms. The fraction of sp³-hybridized carbons (Fsp3) is 0.600. The van der Waals surface area contributed by atoms with Gasteiger partial charge in [-0.3, -0.25) is 24.3 Å². The van der Waals surface area contributed by atoms with E-state index in [2.05, 4.69) is 59.1 Å². The molecule has 1 aromatic carbocycles. The zero-order valence-corrected chi connectivity index (χ0v) is 29.5. The largest absolute Gasteiger partial charge is 0.349 e. The van der Waals surface area contributed by atoms with Crippen molar-refractivity contribution in [3.8, 4) is 11.1 Å². The summed E-state index contributed by atoms with van der Waals surface area (Å²) >= 11 is 13.8. The third-order valence-corrected chi connectivity index (χ3v) is 12.0. The summed E-state index contributed by atoms with van der Waals surface area (Å²) in [7, 11) is 2.08. The van der Waals surface area contributed by atoms with Crippen molar-refractivity contribution in [2.24, 2.45) is 11.3 Å². The van der Waals surface area contributed by atoms with Crippen LogP contribution < -0.4 is 4.90 Å². The first-order valence-corrected chi connectivity index (χ1v) is 17.7. The highest BCUT2D eigenvalue weighted by Crippen LogP contribution is 2.56. The van der Waals surface area contributed by atoms with Crippen molar-refractivity contribution in [1.29, 1.82) is 0 Å². The van der Waals surface area contributed by atoms with Crippen molar-refractivity contribution in [1.82, 2.24) is 34.7 Å². The van der Waals surface area contributed by atoms with Gasteiger partial charge in [0.05, 0.1) is 34.3 Å². The number of H-pyrrole nitrogens is 1. The van der Waals surface area contributed by atoms with Gasteiger partial charge in [-0.2, -0.15) is 10.2 Å². The number of likely N-dealkylation sites (tertiary alicyclic amines) is 2. The molecule has 0 bridgehead atoms. The van der Waals surface area contributed by atoms with E-state index in [0.29, 0.717) is 22.5 Å². The molecule has 7 rings (SSSR count). The number of benzene rings is 1. The third kappa shape index (κ3) is 5.74. The Hall–Kier alpha value is -3.08. The Kier molecular flexibility index (Phi) is 8.36. The Balaban J connectivity index is 1.17. The van der Waals surface area contributed by atoms with Crippen molar-refractivity contribution in [3.05, 3.63) is 40.7 Å². The number of hydrogen-bond donors (Lipinski definition) is 1. The van der Waals surface area contributed by atoms with Gasteiger partial charge in [0, 0.05) is 72.4 Å². The zero-order valence-electron chi connectivity index (χ0n) is 28.0. The summed E-state index contributed by atoms with van der Waals surface area (Å²) in [6.07, 6.45) is 9.39. The molecule has 12 heteroatoms. The normalized spacial score (nSPS) is 22.3. The van der Waals surface area contributed by atoms with E-state index in [1.807, 2.05) is 22.1 Å². The van der Waals surface area contributed by atoms with Crippen molar-refractivity contribution in [2.75, 3.05) is 57.8 Å². The Morgan fingerprint density at radius 3 is 2.51 bits per heavy atom. The summed E-state index contributed by atoms with van der Waals surface area (Å²) in [5, 5.41) is 14.7. The number of piperidine rings is 1. The molecule has 1 saturated carbocycles. The maximum Gasteiger partial charge on any atom is 0.245 e. The van der Waals surface area contributed by atoms with Gasteiger partial charge >= 0.3 is 0 Å². The van der Waals surface area contributed by atoms with E-state index in [4.69, 9.17) is 28.3 Å². The topological polar surface area (TPSA) is 93.6 Å². The molecule has 1 aliphatic carbocycles. The standard InChI is InChI=1S/C35H46Cl2N8O2/c1-6-28(46)43-20-35(21-43)15-24(16-35)45-22(2)30(31-25-17-38-39-27(25)13-26(36)32(31)37)33(40-45)44-12-9-23(14-34(44,3)4)18-41(5)19-29(47)42-10-7-8-11-42/h6,13,17,23-24H,1,7-12,14-16,18-21H2,2-5H3,(H,38,39)/t23-/m1/s1. The lowest BCUT2D eigenvalue weighted by molar-refractivity contribution is -0.149. The predicted octanol–water partition coefficient (Wildman–Crippen LogP) is 5.94. The van der Waals surface area contributed by atoms with E-state index < -0.39 is 0 Å². The minimum Gasteiger partial charge on any atom is -0.349 e. The maximum atomic E-state index is 12.8. The first kappa shape index (κ1) is 32.5. The monoisotopic (exact) mass is 680 g/mol. The van der Waals surface area contributed by atoms with E-state index in [1.165, 1.54) is 6.08 Å². The Morgan fingerprint density at radius 2 is 1.83 bits per heavy atom. The van der Waals surface area contributed by atoms with Gasteiger partial charge in [0.15, 0.2) is 5.82 Å². The highest BCUT2D eigenvalue weighted by atomic mass is 35.5.